The van der Waals surface area contributed by atoms with E-state index in [2.05, 4.69) is 38.9 Å². The Kier molecular flexibility index (Phi) is 5.23. The fraction of sp³-hybridized carbons (Fsp3) is 0.542. The van der Waals surface area contributed by atoms with Crippen molar-refractivity contribution in [1.29, 1.82) is 0 Å². The molecule has 2 unspecified atom stereocenters. The Morgan fingerprint density at radius 3 is 2.91 bits per heavy atom. The summed E-state index contributed by atoms with van der Waals surface area (Å²) in [6, 6.07) is 6.09. The molecule has 8 nitrogen and oxygen atoms in total. The lowest BCUT2D eigenvalue weighted by Crippen LogP contribution is -2.51. The molecule has 6 rings (SSSR count). The zero-order valence-corrected chi connectivity index (χ0v) is 19.6. The molecule has 33 heavy (non-hydrogen) atoms. The van der Waals surface area contributed by atoms with E-state index in [1.54, 1.807) is 0 Å². The molecule has 1 aromatic carbocycles. The van der Waals surface area contributed by atoms with Crippen LogP contribution >= 0.6 is 0 Å². The molecule has 176 valence electrons. The predicted molar refractivity (Wildman–Crippen MR) is 124 cm³/mol. The summed E-state index contributed by atoms with van der Waals surface area (Å²) in [6.45, 7) is 4.85. The van der Waals surface area contributed by atoms with E-state index in [1.165, 1.54) is 5.56 Å². The summed E-state index contributed by atoms with van der Waals surface area (Å²) in [5.74, 6) is 1.92. The Labute approximate surface area is 194 Å². The number of allylic oxidation sites excluding steroid dienone is 2. The van der Waals surface area contributed by atoms with Crippen LogP contribution in [0, 0.1) is 11.8 Å². The Hall–Kier alpha value is -2.36. The third-order valence-corrected chi connectivity index (χ3v) is 9.47. The minimum atomic E-state index is -3.29. The molecule has 4 aliphatic rings. The molecule has 4 atom stereocenters. The maximum absolute atomic E-state index is 12.9. The van der Waals surface area contributed by atoms with Crippen LogP contribution in [0.25, 0.3) is 10.9 Å². The summed E-state index contributed by atoms with van der Waals surface area (Å²) in [7, 11) is -3.29. The monoisotopic (exact) mass is 470 g/mol. The number of fused-ring (bicyclic) bond motifs is 1. The smallest absolute Gasteiger partial charge is 0.214 e. The standard InChI is InChI=1S/C24H30N4O4S/c1-15-18(7-8-22-24(15)32-12-11-31-22)23-21(27-33(29,30)17-5-6-17)9-10-28(23)14-16-3-2-4-20-19(16)13-25-26-20/h2-4,7-8,13,15,17-18,21,23,27H,5-6,9-12,14H2,1H3,(H,25,26)/t15?,18?,21-,23+/m0/s1. The molecule has 2 aromatic rings. The predicted octanol–water partition coefficient (Wildman–Crippen LogP) is 2.67. The van der Waals surface area contributed by atoms with Crippen molar-refractivity contribution < 1.29 is 17.9 Å². The van der Waals surface area contributed by atoms with Crippen LogP contribution in [0.4, 0.5) is 0 Å². The Balaban J connectivity index is 1.32. The number of aromatic nitrogens is 2. The van der Waals surface area contributed by atoms with Gasteiger partial charge < -0.3 is 9.47 Å². The largest absolute Gasteiger partial charge is 0.490 e. The molecule has 0 radical (unpaired) electrons. The first-order valence-electron chi connectivity index (χ1n) is 11.9. The van der Waals surface area contributed by atoms with Gasteiger partial charge in [0.1, 0.15) is 19.0 Å². The van der Waals surface area contributed by atoms with Crippen LogP contribution in [0.2, 0.25) is 0 Å². The van der Waals surface area contributed by atoms with Crippen molar-refractivity contribution in [1.82, 2.24) is 19.8 Å². The molecule has 9 heteroatoms. The quantitative estimate of drug-likeness (QED) is 0.674. The molecule has 1 saturated heterocycles. The number of benzene rings is 1. The van der Waals surface area contributed by atoms with E-state index >= 15 is 0 Å². The number of aromatic amines is 1. The summed E-state index contributed by atoms with van der Waals surface area (Å²) in [5.41, 5.74) is 2.21. The number of ether oxygens (including phenoxy) is 2. The molecule has 2 aliphatic heterocycles. The van der Waals surface area contributed by atoms with Crippen LogP contribution in [0.3, 0.4) is 0 Å². The van der Waals surface area contributed by atoms with Crippen molar-refractivity contribution in [3.8, 4) is 0 Å². The zero-order valence-electron chi connectivity index (χ0n) is 18.7. The van der Waals surface area contributed by atoms with E-state index in [0.717, 1.165) is 54.8 Å². The molecular formula is C24H30N4O4S. The van der Waals surface area contributed by atoms with Crippen molar-refractivity contribution in [3.05, 3.63) is 53.6 Å². The van der Waals surface area contributed by atoms with E-state index in [0.29, 0.717) is 13.2 Å². The van der Waals surface area contributed by atoms with Crippen molar-refractivity contribution in [2.75, 3.05) is 19.8 Å². The molecule has 2 aliphatic carbocycles. The second kappa shape index (κ2) is 8.14. The summed E-state index contributed by atoms with van der Waals surface area (Å²) >= 11 is 0. The lowest BCUT2D eigenvalue weighted by atomic mass is 9.79. The van der Waals surface area contributed by atoms with Gasteiger partial charge in [-0.25, -0.2) is 13.1 Å². The lowest BCUT2D eigenvalue weighted by molar-refractivity contribution is 0.0355. The van der Waals surface area contributed by atoms with Crippen LogP contribution in [0.1, 0.15) is 31.7 Å². The first-order chi connectivity index (χ1) is 16.0. The molecule has 1 aromatic heterocycles. The van der Waals surface area contributed by atoms with Gasteiger partial charge >= 0.3 is 0 Å². The number of hydrogen-bond acceptors (Lipinski definition) is 6. The van der Waals surface area contributed by atoms with E-state index in [4.69, 9.17) is 9.47 Å². The van der Waals surface area contributed by atoms with Crippen molar-refractivity contribution in [2.45, 2.75) is 50.1 Å². The average Bonchev–Trinajstić information content (AvgIpc) is 3.46. The number of nitrogens with zero attached hydrogens (tertiary/aromatic N) is 2. The van der Waals surface area contributed by atoms with Crippen molar-refractivity contribution >= 4 is 20.9 Å². The first-order valence-corrected chi connectivity index (χ1v) is 13.4. The highest BCUT2D eigenvalue weighted by Gasteiger charge is 2.47. The van der Waals surface area contributed by atoms with E-state index < -0.39 is 10.0 Å². The van der Waals surface area contributed by atoms with E-state index in [-0.39, 0.29) is 29.2 Å². The van der Waals surface area contributed by atoms with Crippen molar-refractivity contribution in [2.24, 2.45) is 11.8 Å². The molecule has 2 fully saturated rings. The number of sulfonamides is 1. The van der Waals surface area contributed by atoms with Crippen LogP contribution in [-0.2, 0) is 26.0 Å². The Morgan fingerprint density at radius 1 is 1.21 bits per heavy atom. The SMILES string of the molecule is CC1C2=C(C=CC1[C@@H]1[C@@H](NS(=O)(=O)C3CC3)CCN1Cc1cccc3[nH]ncc13)OCCO2. The normalized spacial score (nSPS) is 30.3. The lowest BCUT2D eigenvalue weighted by Gasteiger charge is -2.40. The minimum absolute atomic E-state index is 0.0199. The van der Waals surface area contributed by atoms with Crippen LogP contribution in [0.5, 0.6) is 0 Å². The van der Waals surface area contributed by atoms with Crippen LogP contribution < -0.4 is 4.72 Å². The van der Waals surface area contributed by atoms with E-state index in [9.17, 15) is 8.42 Å². The number of likely N-dealkylation sites (tertiary alicyclic amines) is 1. The van der Waals surface area contributed by atoms with Crippen molar-refractivity contribution in [3.63, 3.8) is 0 Å². The van der Waals surface area contributed by atoms with Gasteiger partial charge in [-0.15, -0.1) is 0 Å². The highest BCUT2D eigenvalue weighted by atomic mass is 32.2. The summed E-state index contributed by atoms with van der Waals surface area (Å²) in [4.78, 5) is 2.43. The third kappa shape index (κ3) is 3.86. The second-order valence-corrected chi connectivity index (χ2v) is 11.6. The summed E-state index contributed by atoms with van der Waals surface area (Å²) in [6.07, 6.45) is 8.39. The molecule has 1 saturated carbocycles. The minimum Gasteiger partial charge on any atom is -0.490 e. The van der Waals surface area contributed by atoms with Crippen LogP contribution in [-0.4, -0.2) is 60.6 Å². The van der Waals surface area contributed by atoms with Gasteiger partial charge in [-0.3, -0.25) is 10.00 Å². The maximum atomic E-state index is 12.9. The van der Waals surface area contributed by atoms with Gasteiger partial charge in [-0.05, 0) is 37.0 Å². The first kappa shape index (κ1) is 21.2. The molecule has 0 spiro atoms. The molecule has 0 bridgehead atoms. The van der Waals surface area contributed by atoms with E-state index in [1.807, 2.05) is 24.4 Å². The van der Waals surface area contributed by atoms with Gasteiger partial charge in [0.15, 0.2) is 5.76 Å². The maximum Gasteiger partial charge on any atom is 0.214 e. The highest BCUT2D eigenvalue weighted by molar-refractivity contribution is 7.90. The van der Waals surface area contributed by atoms with Gasteiger partial charge in [0, 0.05) is 42.4 Å². The molecule has 2 N–H and O–H groups in total. The second-order valence-electron chi connectivity index (χ2n) is 9.62. The van der Waals surface area contributed by atoms with Gasteiger partial charge in [-0.2, -0.15) is 5.10 Å². The zero-order chi connectivity index (χ0) is 22.6. The number of rotatable bonds is 6. The Bertz CT molecular complexity index is 1220. The van der Waals surface area contributed by atoms with Gasteiger partial charge in [0.2, 0.25) is 10.0 Å². The summed E-state index contributed by atoms with van der Waals surface area (Å²) in [5, 5.41) is 8.14. The highest BCUT2D eigenvalue weighted by Crippen LogP contribution is 2.41. The molecule has 3 heterocycles. The third-order valence-electron chi connectivity index (χ3n) is 7.48. The number of nitrogens with one attached hydrogen (secondary N) is 2. The molecular weight excluding hydrogens is 440 g/mol. The summed E-state index contributed by atoms with van der Waals surface area (Å²) < 4.78 is 40.7. The number of hydrogen-bond donors (Lipinski definition) is 2. The van der Waals surface area contributed by atoms with Gasteiger partial charge in [-0.1, -0.05) is 25.1 Å². The molecule has 0 amide bonds. The fourth-order valence-electron chi connectivity index (χ4n) is 5.66. The topological polar surface area (TPSA) is 96.6 Å². The van der Waals surface area contributed by atoms with Gasteiger partial charge in [0.05, 0.1) is 17.0 Å². The average molecular weight is 471 g/mol. The number of H-pyrrole nitrogens is 1. The van der Waals surface area contributed by atoms with Crippen LogP contribution in [0.15, 0.2) is 48.1 Å². The van der Waals surface area contributed by atoms with Gasteiger partial charge in [0.25, 0.3) is 0 Å². The fourth-order valence-corrected chi connectivity index (χ4v) is 7.29. The Morgan fingerprint density at radius 2 is 2.06 bits per heavy atom.